The summed E-state index contributed by atoms with van der Waals surface area (Å²) in [6.45, 7) is 1.99. The second-order valence-electron chi connectivity index (χ2n) is 4.29. The number of carbonyl (C=O) groups is 1. The summed E-state index contributed by atoms with van der Waals surface area (Å²) in [4.78, 5) is 11.9. The molecule has 0 saturated heterocycles. The second kappa shape index (κ2) is 6.43. The van der Waals surface area contributed by atoms with E-state index in [0.717, 1.165) is 21.5 Å². The topological polar surface area (TPSA) is 50.4 Å². The van der Waals surface area contributed by atoms with E-state index in [4.69, 9.17) is 4.74 Å². The van der Waals surface area contributed by atoms with Crippen LogP contribution >= 0.6 is 15.9 Å². The van der Waals surface area contributed by atoms with Gasteiger partial charge in [-0.25, -0.2) is 4.79 Å². The number of urea groups is 1. The maximum absolute atomic E-state index is 11.9. The van der Waals surface area contributed by atoms with E-state index in [-0.39, 0.29) is 6.03 Å². The highest BCUT2D eigenvalue weighted by atomic mass is 79.9. The molecule has 0 atom stereocenters. The second-order valence-corrected chi connectivity index (χ2v) is 5.15. The maximum Gasteiger partial charge on any atom is 0.323 e. The molecule has 2 N–H and O–H groups in total. The summed E-state index contributed by atoms with van der Waals surface area (Å²) in [5, 5.41) is 5.54. The van der Waals surface area contributed by atoms with Crippen molar-refractivity contribution in [2.24, 2.45) is 0 Å². The molecule has 2 aromatic rings. The fourth-order valence-corrected chi connectivity index (χ4v) is 2.27. The average molecular weight is 335 g/mol. The van der Waals surface area contributed by atoms with Gasteiger partial charge in [0.1, 0.15) is 5.75 Å². The Balaban J connectivity index is 2.01. The molecule has 5 heteroatoms. The molecule has 0 aliphatic rings. The van der Waals surface area contributed by atoms with Crippen molar-refractivity contribution in [1.29, 1.82) is 0 Å². The van der Waals surface area contributed by atoms with Crippen LogP contribution in [0.3, 0.4) is 0 Å². The van der Waals surface area contributed by atoms with E-state index >= 15 is 0 Å². The Hall–Kier alpha value is -2.01. The van der Waals surface area contributed by atoms with Gasteiger partial charge in [-0.1, -0.05) is 6.07 Å². The summed E-state index contributed by atoms with van der Waals surface area (Å²) in [6.07, 6.45) is 0. The molecule has 0 fully saturated rings. The first-order valence-electron chi connectivity index (χ1n) is 6.06. The lowest BCUT2D eigenvalue weighted by Gasteiger charge is -2.10. The summed E-state index contributed by atoms with van der Waals surface area (Å²) in [6, 6.07) is 12.6. The number of amides is 2. The Bertz CT molecular complexity index is 612. The maximum atomic E-state index is 11.9. The highest BCUT2D eigenvalue weighted by Gasteiger charge is 2.06. The molecule has 0 radical (unpaired) electrons. The van der Waals surface area contributed by atoms with Crippen LogP contribution in [0.1, 0.15) is 5.56 Å². The van der Waals surface area contributed by atoms with Crippen LogP contribution in [-0.2, 0) is 0 Å². The SMILES string of the molecule is COc1ccc(NC(=O)Nc2ccc(C)cc2Br)cc1. The van der Waals surface area contributed by atoms with E-state index in [1.807, 2.05) is 25.1 Å². The van der Waals surface area contributed by atoms with Gasteiger partial charge in [0.25, 0.3) is 0 Å². The zero-order valence-corrected chi connectivity index (χ0v) is 12.8. The molecular weight excluding hydrogens is 320 g/mol. The molecular formula is C15H15BrN2O2. The number of methoxy groups -OCH3 is 1. The van der Waals surface area contributed by atoms with Crippen molar-refractivity contribution in [3.05, 3.63) is 52.5 Å². The molecule has 0 saturated carbocycles. The number of hydrogen-bond donors (Lipinski definition) is 2. The van der Waals surface area contributed by atoms with Crippen molar-refractivity contribution in [2.75, 3.05) is 17.7 Å². The Labute approximate surface area is 126 Å². The normalized spacial score (nSPS) is 9.95. The monoisotopic (exact) mass is 334 g/mol. The predicted molar refractivity (Wildman–Crippen MR) is 84.5 cm³/mol. The molecule has 2 rings (SSSR count). The zero-order chi connectivity index (χ0) is 14.5. The highest BCUT2D eigenvalue weighted by Crippen LogP contribution is 2.23. The number of benzene rings is 2. The van der Waals surface area contributed by atoms with Crippen molar-refractivity contribution in [3.8, 4) is 5.75 Å². The Morgan fingerprint density at radius 1 is 1.10 bits per heavy atom. The van der Waals surface area contributed by atoms with E-state index in [9.17, 15) is 4.79 Å². The Morgan fingerprint density at radius 2 is 1.80 bits per heavy atom. The standard InChI is InChI=1S/C15H15BrN2O2/c1-10-3-8-14(13(16)9-10)18-15(19)17-11-4-6-12(20-2)7-5-11/h3-9H,1-2H3,(H2,17,18,19). The van der Waals surface area contributed by atoms with Crippen LogP contribution in [0.25, 0.3) is 0 Å². The van der Waals surface area contributed by atoms with Gasteiger partial charge in [-0.15, -0.1) is 0 Å². The number of ether oxygens (including phenoxy) is 1. The first-order chi connectivity index (χ1) is 9.58. The first kappa shape index (κ1) is 14.4. The summed E-state index contributed by atoms with van der Waals surface area (Å²) in [5.41, 5.74) is 2.55. The van der Waals surface area contributed by atoms with Crippen molar-refractivity contribution < 1.29 is 9.53 Å². The molecule has 0 bridgehead atoms. The molecule has 0 aliphatic heterocycles. The Morgan fingerprint density at radius 3 is 2.40 bits per heavy atom. The first-order valence-corrected chi connectivity index (χ1v) is 6.86. The summed E-state index contributed by atoms with van der Waals surface area (Å²) in [7, 11) is 1.60. The number of rotatable bonds is 3. The largest absolute Gasteiger partial charge is 0.497 e. The lowest BCUT2D eigenvalue weighted by molar-refractivity contribution is 0.262. The van der Waals surface area contributed by atoms with E-state index in [0.29, 0.717) is 5.69 Å². The van der Waals surface area contributed by atoms with Crippen molar-refractivity contribution in [2.45, 2.75) is 6.92 Å². The minimum Gasteiger partial charge on any atom is -0.497 e. The van der Waals surface area contributed by atoms with Crippen LogP contribution in [0.4, 0.5) is 16.2 Å². The molecule has 0 unspecified atom stereocenters. The van der Waals surface area contributed by atoms with Crippen molar-refractivity contribution in [1.82, 2.24) is 0 Å². The molecule has 20 heavy (non-hydrogen) atoms. The summed E-state index contributed by atoms with van der Waals surface area (Å²) < 4.78 is 5.91. The summed E-state index contributed by atoms with van der Waals surface area (Å²) in [5.74, 6) is 0.747. The molecule has 4 nitrogen and oxygen atoms in total. The van der Waals surface area contributed by atoms with Gasteiger partial charge < -0.3 is 15.4 Å². The number of hydrogen-bond acceptors (Lipinski definition) is 2. The van der Waals surface area contributed by atoms with Gasteiger partial charge in [0.05, 0.1) is 12.8 Å². The third-order valence-corrected chi connectivity index (χ3v) is 3.38. The molecule has 0 aromatic heterocycles. The van der Waals surface area contributed by atoms with Gasteiger partial charge in [-0.05, 0) is 64.8 Å². The van der Waals surface area contributed by atoms with Gasteiger partial charge in [0.2, 0.25) is 0 Å². The van der Waals surface area contributed by atoms with E-state index in [1.54, 1.807) is 31.4 Å². The lowest BCUT2D eigenvalue weighted by Crippen LogP contribution is -2.19. The smallest absolute Gasteiger partial charge is 0.323 e. The number of anilines is 2. The summed E-state index contributed by atoms with van der Waals surface area (Å²) >= 11 is 3.42. The fraction of sp³-hybridized carbons (Fsp3) is 0.133. The van der Waals surface area contributed by atoms with Crippen molar-refractivity contribution in [3.63, 3.8) is 0 Å². The quantitative estimate of drug-likeness (QED) is 0.873. The molecule has 0 spiro atoms. The Kier molecular flexibility index (Phi) is 4.63. The van der Waals surface area contributed by atoms with Crippen LogP contribution in [-0.4, -0.2) is 13.1 Å². The third-order valence-electron chi connectivity index (χ3n) is 2.72. The molecule has 104 valence electrons. The van der Waals surface area contributed by atoms with Crippen LogP contribution in [0.2, 0.25) is 0 Å². The van der Waals surface area contributed by atoms with E-state index < -0.39 is 0 Å². The van der Waals surface area contributed by atoms with Gasteiger partial charge >= 0.3 is 6.03 Å². The van der Waals surface area contributed by atoms with Crippen LogP contribution < -0.4 is 15.4 Å². The predicted octanol–water partition coefficient (Wildman–Crippen LogP) is 4.41. The minimum atomic E-state index is -0.292. The lowest BCUT2D eigenvalue weighted by atomic mass is 10.2. The van der Waals surface area contributed by atoms with E-state index in [2.05, 4.69) is 26.6 Å². The molecule has 2 aromatic carbocycles. The van der Waals surface area contributed by atoms with Gasteiger partial charge in [-0.2, -0.15) is 0 Å². The number of nitrogens with one attached hydrogen (secondary N) is 2. The molecule has 0 aliphatic carbocycles. The third kappa shape index (κ3) is 3.74. The molecule has 0 heterocycles. The average Bonchev–Trinajstić information content (AvgIpc) is 2.43. The number of halogens is 1. The van der Waals surface area contributed by atoms with Crippen LogP contribution in [0, 0.1) is 6.92 Å². The highest BCUT2D eigenvalue weighted by molar-refractivity contribution is 9.10. The van der Waals surface area contributed by atoms with Crippen molar-refractivity contribution >= 4 is 33.3 Å². The number of aryl methyl sites for hydroxylation is 1. The zero-order valence-electron chi connectivity index (χ0n) is 11.2. The van der Waals surface area contributed by atoms with Crippen LogP contribution in [0.15, 0.2) is 46.9 Å². The fourth-order valence-electron chi connectivity index (χ4n) is 1.68. The minimum absolute atomic E-state index is 0.292. The number of carbonyl (C=O) groups excluding carboxylic acids is 1. The molecule has 2 amide bonds. The van der Waals surface area contributed by atoms with E-state index in [1.165, 1.54) is 0 Å². The van der Waals surface area contributed by atoms with Crippen LogP contribution in [0.5, 0.6) is 5.75 Å². The van der Waals surface area contributed by atoms with Gasteiger partial charge in [0, 0.05) is 10.2 Å². The van der Waals surface area contributed by atoms with Gasteiger partial charge in [0.15, 0.2) is 0 Å². The van der Waals surface area contributed by atoms with Gasteiger partial charge in [-0.3, -0.25) is 0 Å².